The lowest BCUT2D eigenvalue weighted by Gasteiger charge is -2.10. The van der Waals surface area contributed by atoms with Crippen molar-refractivity contribution in [2.45, 2.75) is 39.5 Å². The van der Waals surface area contributed by atoms with Crippen LogP contribution in [0, 0.1) is 5.92 Å². The summed E-state index contributed by atoms with van der Waals surface area (Å²) in [7, 11) is 3.28. The van der Waals surface area contributed by atoms with Crippen LogP contribution in [0.2, 0.25) is 0 Å². The average Bonchev–Trinajstić information content (AvgIpc) is 2.54. The van der Waals surface area contributed by atoms with Crippen molar-refractivity contribution in [2.24, 2.45) is 16.6 Å². The van der Waals surface area contributed by atoms with Crippen LogP contribution in [-0.2, 0) is 6.42 Å². The second-order valence-corrected chi connectivity index (χ2v) is 6.02. The highest BCUT2D eigenvalue weighted by Crippen LogP contribution is 2.27. The molecule has 0 bridgehead atoms. The number of methoxy groups -OCH3 is 2. The molecule has 23 heavy (non-hydrogen) atoms. The molecule has 0 amide bonds. The molecule has 0 heterocycles. The zero-order valence-corrected chi connectivity index (χ0v) is 14.9. The van der Waals surface area contributed by atoms with Crippen LogP contribution < -0.4 is 20.5 Å². The Hall–Kier alpha value is -1.91. The van der Waals surface area contributed by atoms with E-state index in [1.807, 2.05) is 18.2 Å². The van der Waals surface area contributed by atoms with Crippen molar-refractivity contribution in [2.75, 3.05) is 27.3 Å². The van der Waals surface area contributed by atoms with Crippen molar-refractivity contribution in [3.05, 3.63) is 23.8 Å². The van der Waals surface area contributed by atoms with Crippen LogP contribution in [0.3, 0.4) is 0 Å². The van der Waals surface area contributed by atoms with E-state index in [4.69, 9.17) is 15.2 Å². The summed E-state index contributed by atoms with van der Waals surface area (Å²) in [6.07, 6.45) is 4.41. The van der Waals surface area contributed by atoms with Gasteiger partial charge in [0, 0.05) is 13.1 Å². The molecule has 0 saturated carbocycles. The second kappa shape index (κ2) is 10.8. The molecular formula is C18H31N3O2. The minimum absolute atomic E-state index is 0.523. The molecule has 0 unspecified atom stereocenters. The average molecular weight is 321 g/mol. The molecule has 1 aromatic carbocycles. The Morgan fingerprint density at radius 1 is 1.17 bits per heavy atom. The number of guanidine groups is 1. The van der Waals surface area contributed by atoms with Gasteiger partial charge in [0.1, 0.15) is 0 Å². The summed E-state index contributed by atoms with van der Waals surface area (Å²) in [5.41, 5.74) is 7.04. The molecule has 0 spiro atoms. The van der Waals surface area contributed by atoms with E-state index in [1.54, 1.807) is 14.2 Å². The fourth-order valence-corrected chi connectivity index (χ4v) is 2.29. The Labute approximate surface area is 140 Å². The largest absolute Gasteiger partial charge is 0.493 e. The summed E-state index contributed by atoms with van der Waals surface area (Å²) in [6, 6.07) is 5.93. The third-order valence-electron chi connectivity index (χ3n) is 3.64. The van der Waals surface area contributed by atoms with Gasteiger partial charge in [-0.05, 0) is 36.5 Å². The molecule has 3 N–H and O–H groups in total. The summed E-state index contributed by atoms with van der Waals surface area (Å²) >= 11 is 0. The molecule has 0 atom stereocenters. The van der Waals surface area contributed by atoms with Crippen LogP contribution in [0.1, 0.15) is 38.7 Å². The fourth-order valence-electron chi connectivity index (χ4n) is 2.29. The van der Waals surface area contributed by atoms with Crippen molar-refractivity contribution in [3.8, 4) is 11.5 Å². The molecule has 0 aromatic heterocycles. The first-order valence-electron chi connectivity index (χ1n) is 8.31. The maximum Gasteiger partial charge on any atom is 0.188 e. The zero-order chi connectivity index (χ0) is 17.1. The van der Waals surface area contributed by atoms with Crippen molar-refractivity contribution >= 4 is 5.96 Å². The molecular weight excluding hydrogens is 290 g/mol. The first-order chi connectivity index (χ1) is 11.1. The highest BCUT2D eigenvalue weighted by atomic mass is 16.5. The second-order valence-electron chi connectivity index (χ2n) is 6.02. The SMILES string of the molecule is COc1ccc(CCNC(N)=NCCCCC(C)C)cc1OC. The lowest BCUT2D eigenvalue weighted by atomic mass is 10.1. The van der Waals surface area contributed by atoms with Gasteiger partial charge in [-0.25, -0.2) is 0 Å². The minimum Gasteiger partial charge on any atom is -0.493 e. The van der Waals surface area contributed by atoms with E-state index in [0.717, 1.165) is 43.3 Å². The summed E-state index contributed by atoms with van der Waals surface area (Å²) in [5, 5.41) is 3.15. The van der Waals surface area contributed by atoms with Gasteiger partial charge in [-0.1, -0.05) is 32.8 Å². The number of hydrogen-bond donors (Lipinski definition) is 2. The molecule has 0 fully saturated rings. The maximum absolute atomic E-state index is 5.88. The first-order valence-corrected chi connectivity index (χ1v) is 8.31. The standard InChI is InChI=1S/C18H31N3O2/c1-14(2)7-5-6-11-20-18(19)21-12-10-15-8-9-16(22-3)17(13-15)23-4/h8-9,13-14H,5-7,10-12H2,1-4H3,(H3,19,20,21). The summed E-state index contributed by atoms with van der Waals surface area (Å²) in [6.45, 7) is 6.03. The number of nitrogens with zero attached hydrogens (tertiary/aromatic N) is 1. The zero-order valence-electron chi connectivity index (χ0n) is 14.9. The Balaban J connectivity index is 2.30. The van der Waals surface area contributed by atoms with Crippen molar-refractivity contribution in [1.82, 2.24) is 5.32 Å². The van der Waals surface area contributed by atoms with E-state index in [1.165, 1.54) is 18.4 Å². The van der Waals surface area contributed by atoms with Crippen molar-refractivity contribution in [3.63, 3.8) is 0 Å². The number of benzene rings is 1. The predicted molar refractivity (Wildman–Crippen MR) is 96.4 cm³/mol. The minimum atomic E-state index is 0.523. The van der Waals surface area contributed by atoms with Gasteiger partial charge in [0.15, 0.2) is 17.5 Å². The Kier molecular flexibility index (Phi) is 8.95. The van der Waals surface area contributed by atoms with Crippen LogP contribution >= 0.6 is 0 Å². The monoisotopic (exact) mass is 321 g/mol. The van der Waals surface area contributed by atoms with E-state index < -0.39 is 0 Å². The number of rotatable bonds is 10. The number of hydrogen-bond acceptors (Lipinski definition) is 3. The Bertz CT molecular complexity index is 487. The summed E-state index contributed by atoms with van der Waals surface area (Å²) in [4.78, 5) is 4.35. The molecule has 0 radical (unpaired) electrons. The maximum atomic E-state index is 5.88. The van der Waals surface area contributed by atoms with Gasteiger partial charge in [-0.2, -0.15) is 0 Å². The topological polar surface area (TPSA) is 68.9 Å². The van der Waals surface area contributed by atoms with Crippen LogP contribution in [0.5, 0.6) is 11.5 Å². The summed E-state index contributed by atoms with van der Waals surface area (Å²) < 4.78 is 10.5. The first kappa shape index (κ1) is 19.1. The van der Waals surface area contributed by atoms with Crippen LogP contribution in [-0.4, -0.2) is 33.3 Å². The van der Waals surface area contributed by atoms with E-state index in [9.17, 15) is 0 Å². The van der Waals surface area contributed by atoms with E-state index >= 15 is 0 Å². The molecule has 130 valence electrons. The number of nitrogens with two attached hydrogens (primary N) is 1. The third-order valence-corrected chi connectivity index (χ3v) is 3.64. The van der Waals surface area contributed by atoms with E-state index in [-0.39, 0.29) is 0 Å². The molecule has 5 nitrogen and oxygen atoms in total. The van der Waals surface area contributed by atoms with Gasteiger partial charge in [-0.3, -0.25) is 4.99 Å². The van der Waals surface area contributed by atoms with Crippen LogP contribution in [0.25, 0.3) is 0 Å². The predicted octanol–water partition coefficient (Wildman–Crippen LogP) is 2.98. The van der Waals surface area contributed by atoms with Crippen molar-refractivity contribution in [1.29, 1.82) is 0 Å². The van der Waals surface area contributed by atoms with E-state index in [2.05, 4.69) is 24.2 Å². The molecule has 0 aliphatic heterocycles. The van der Waals surface area contributed by atoms with Crippen LogP contribution in [0.15, 0.2) is 23.2 Å². The van der Waals surface area contributed by atoms with Gasteiger partial charge in [0.25, 0.3) is 0 Å². The van der Waals surface area contributed by atoms with Gasteiger partial charge in [-0.15, -0.1) is 0 Å². The lowest BCUT2D eigenvalue weighted by molar-refractivity contribution is 0.354. The lowest BCUT2D eigenvalue weighted by Crippen LogP contribution is -2.33. The van der Waals surface area contributed by atoms with Gasteiger partial charge >= 0.3 is 0 Å². The van der Waals surface area contributed by atoms with Gasteiger partial charge in [0.05, 0.1) is 14.2 Å². The van der Waals surface area contributed by atoms with Crippen molar-refractivity contribution < 1.29 is 9.47 Å². The molecule has 0 aliphatic rings. The Morgan fingerprint density at radius 2 is 1.91 bits per heavy atom. The summed E-state index contributed by atoms with van der Waals surface area (Å²) in [5.74, 6) is 2.77. The third kappa shape index (κ3) is 7.77. The number of aliphatic imine (C=N–C) groups is 1. The smallest absolute Gasteiger partial charge is 0.188 e. The quantitative estimate of drug-likeness (QED) is 0.395. The van der Waals surface area contributed by atoms with Gasteiger partial charge in [0.2, 0.25) is 0 Å². The van der Waals surface area contributed by atoms with Gasteiger partial charge < -0.3 is 20.5 Å². The normalized spacial score (nSPS) is 11.6. The highest BCUT2D eigenvalue weighted by molar-refractivity contribution is 5.77. The number of ether oxygens (including phenoxy) is 2. The van der Waals surface area contributed by atoms with E-state index in [0.29, 0.717) is 5.96 Å². The Morgan fingerprint density at radius 3 is 2.57 bits per heavy atom. The molecule has 1 aromatic rings. The number of unbranched alkanes of at least 4 members (excludes halogenated alkanes) is 1. The molecule has 0 saturated heterocycles. The molecule has 5 heteroatoms. The number of nitrogens with one attached hydrogen (secondary N) is 1. The molecule has 1 rings (SSSR count). The molecule has 0 aliphatic carbocycles. The fraction of sp³-hybridized carbons (Fsp3) is 0.611. The van der Waals surface area contributed by atoms with Crippen LogP contribution in [0.4, 0.5) is 0 Å². The highest BCUT2D eigenvalue weighted by Gasteiger charge is 2.04.